The standard InChI is InChI=1S/C28H25ClFN7O3/c1-16-25-17(6-9-22(33-25)27-32-13-24(35(27)2)37-11-10-23(38)34-28(37)39)14-36(16)15-18-7-8-19(12-31-18)40-26-20(29)4-3-5-21(26)30/h3-9,12-13,16H,10-11,14-15H2,1-2H3,(H,34,38,39). The van der Waals surface area contributed by atoms with E-state index in [0.717, 1.165) is 17.0 Å². The second kappa shape index (κ2) is 10.3. The molecule has 3 aromatic heterocycles. The predicted molar refractivity (Wildman–Crippen MR) is 145 cm³/mol. The van der Waals surface area contributed by atoms with Crippen molar-refractivity contribution in [3.8, 4) is 23.0 Å². The number of nitrogens with one attached hydrogen (secondary N) is 1. The van der Waals surface area contributed by atoms with E-state index in [1.807, 2.05) is 23.7 Å². The molecule has 1 saturated heterocycles. The second-order valence-electron chi connectivity index (χ2n) is 9.71. The largest absolute Gasteiger partial charge is 0.451 e. The maximum Gasteiger partial charge on any atom is 0.329 e. The number of rotatable bonds is 6. The molecule has 1 unspecified atom stereocenters. The number of aromatic nitrogens is 4. The highest BCUT2D eigenvalue weighted by Gasteiger charge is 2.30. The Morgan fingerprint density at radius 2 is 1.98 bits per heavy atom. The molecule has 3 amide bonds. The zero-order chi connectivity index (χ0) is 28.0. The van der Waals surface area contributed by atoms with Crippen LogP contribution in [-0.4, -0.2) is 42.9 Å². The van der Waals surface area contributed by atoms with Crippen molar-refractivity contribution in [2.24, 2.45) is 7.05 Å². The summed E-state index contributed by atoms with van der Waals surface area (Å²) < 4.78 is 21.5. The van der Waals surface area contributed by atoms with Crippen LogP contribution < -0.4 is 15.0 Å². The van der Waals surface area contributed by atoms with E-state index in [1.54, 1.807) is 24.5 Å². The van der Waals surface area contributed by atoms with Crippen LogP contribution in [0.15, 0.2) is 54.9 Å². The van der Waals surface area contributed by atoms with Crippen molar-refractivity contribution in [1.82, 2.24) is 29.7 Å². The molecule has 1 N–H and O–H groups in total. The van der Waals surface area contributed by atoms with Crippen LogP contribution in [0, 0.1) is 5.82 Å². The molecular formula is C28H25ClFN7O3. The molecule has 40 heavy (non-hydrogen) atoms. The molecule has 0 saturated carbocycles. The number of carbonyl (C=O) groups excluding carboxylic acids is 2. The van der Waals surface area contributed by atoms with Crippen molar-refractivity contribution >= 4 is 29.4 Å². The lowest BCUT2D eigenvalue weighted by molar-refractivity contribution is -0.120. The first kappa shape index (κ1) is 25.9. The molecule has 5 heterocycles. The molecule has 10 nitrogen and oxygen atoms in total. The van der Waals surface area contributed by atoms with Gasteiger partial charge >= 0.3 is 6.03 Å². The number of urea groups is 1. The summed E-state index contributed by atoms with van der Waals surface area (Å²) >= 11 is 6.06. The molecule has 1 atom stereocenters. The third kappa shape index (κ3) is 4.78. The van der Waals surface area contributed by atoms with Gasteiger partial charge in [-0.25, -0.2) is 19.2 Å². The molecule has 0 radical (unpaired) electrons. The fraction of sp³-hybridized carbons (Fsp3) is 0.250. The van der Waals surface area contributed by atoms with E-state index in [4.69, 9.17) is 21.3 Å². The van der Waals surface area contributed by atoms with Crippen molar-refractivity contribution in [3.05, 3.63) is 82.6 Å². The van der Waals surface area contributed by atoms with Gasteiger partial charge < -0.3 is 9.30 Å². The summed E-state index contributed by atoms with van der Waals surface area (Å²) in [4.78, 5) is 41.6. The smallest absolute Gasteiger partial charge is 0.329 e. The minimum absolute atomic E-state index is 0.0293. The Morgan fingerprint density at radius 1 is 1.12 bits per heavy atom. The Bertz CT molecular complexity index is 1600. The lowest BCUT2D eigenvalue weighted by atomic mass is 10.1. The number of hydrogen-bond donors (Lipinski definition) is 1. The molecule has 0 aliphatic carbocycles. The van der Waals surface area contributed by atoms with Gasteiger partial charge in [-0.1, -0.05) is 23.7 Å². The van der Waals surface area contributed by atoms with Gasteiger partial charge in [0.15, 0.2) is 17.4 Å². The number of halogens is 2. The third-order valence-electron chi connectivity index (χ3n) is 7.15. The summed E-state index contributed by atoms with van der Waals surface area (Å²) in [6, 6.07) is 11.5. The summed E-state index contributed by atoms with van der Waals surface area (Å²) in [6.45, 7) is 3.69. The van der Waals surface area contributed by atoms with Crippen molar-refractivity contribution in [2.75, 3.05) is 11.4 Å². The number of fused-ring (bicyclic) bond motifs is 1. The Labute approximate surface area is 234 Å². The second-order valence-corrected chi connectivity index (χ2v) is 10.1. The van der Waals surface area contributed by atoms with Gasteiger partial charge in [0.2, 0.25) is 5.91 Å². The average molecular weight is 562 g/mol. The van der Waals surface area contributed by atoms with E-state index in [-0.39, 0.29) is 29.1 Å². The lowest BCUT2D eigenvalue weighted by Gasteiger charge is -2.26. The average Bonchev–Trinajstić information content (AvgIpc) is 3.46. The van der Waals surface area contributed by atoms with Crippen molar-refractivity contribution in [2.45, 2.75) is 32.5 Å². The predicted octanol–water partition coefficient (Wildman–Crippen LogP) is 4.99. The number of anilines is 1. The van der Waals surface area contributed by atoms with E-state index in [1.165, 1.54) is 17.0 Å². The van der Waals surface area contributed by atoms with Crippen LogP contribution in [0.4, 0.5) is 15.0 Å². The Hall–Kier alpha value is -4.35. The fourth-order valence-corrected chi connectivity index (χ4v) is 5.19. The van der Waals surface area contributed by atoms with Gasteiger partial charge in [0.05, 0.1) is 34.8 Å². The summed E-state index contributed by atoms with van der Waals surface area (Å²) in [7, 11) is 1.82. The first-order valence-electron chi connectivity index (χ1n) is 12.7. The van der Waals surface area contributed by atoms with Gasteiger partial charge in [-0.15, -0.1) is 0 Å². The summed E-state index contributed by atoms with van der Waals surface area (Å²) in [6.07, 6.45) is 3.41. The van der Waals surface area contributed by atoms with Crippen LogP contribution in [0.3, 0.4) is 0 Å². The number of nitrogens with zero attached hydrogens (tertiary/aromatic N) is 6. The van der Waals surface area contributed by atoms with Gasteiger partial charge in [0.1, 0.15) is 17.3 Å². The first-order valence-corrected chi connectivity index (χ1v) is 13.1. The Morgan fingerprint density at radius 3 is 2.73 bits per heavy atom. The number of ether oxygens (including phenoxy) is 1. The van der Waals surface area contributed by atoms with Crippen LogP contribution in [-0.2, 0) is 24.9 Å². The fourth-order valence-electron chi connectivity index (χ4n) is 4.99. The molecule has 1 aromatic carbocycles. The minimum atomic E-state index is -0.539. The highest BCUT2D eigenvalue weighted by molar-refractivity contribution is 6.32. The molecule has 1 fully saturated rings. The van der Waals surface area contributed by atoms with Crippen molar-refractivity contribution < 1.29 is 18.7 Å². The molecule has 12 heteroatoms. The maximum absolute atomic E-state index is 14.1. The monoisotopic (exact) mass is 561 g/mol. The van der Waals surface area contributed by atoms with E-state index in [2.05, 4.69) is 33.2 Å². The number of pyridine rings is 2. The number of carbonyl (C=O) groups is 2. The topological polar surface area (TPSA) is 105 Å². The van der Waals surface area contributed by atoms with E-state index in [0.29, 0.717) is 42.7 Å². The van der Waals surface area contributed by atoms with Gasteiger partial charge in [0.25, 0.3) is 0 Å². The Kier molecular flexibility index (Phi) is 6.68. The number of hydrogen-bond acceptors (Lipinski definition) is 7. The van der Waals surface area contributed by atoms with E-state index < -0.39 is 11.8 Å². The van der Waals surface area contributed by atoms with Gasteiger partial charge in [-0.05, 0) is 42.8 Å². The number of para-hydroxylation sites is 1. The van der Waals surface area contributed by atoms with Crippen molar-refractivity contribution in [1.29, 1.82) is 0 Å². The lowest BCUT2D eigenvalue weighted by Crippen LogP contribution is -2.50. The third-order valence-corrected chi connectivity index (χ3v) is 7.45. The van der Waals surface area contributed by atoms with Crippen LogP contribution in [0.1, 0.15) is 36.3 Å². The molecular weight excluding hydrogens is 537 g/mol. The normalized spacial score (nSPS) is 17.2. The van der Waals surface area contributed by atoms with Gasteiger partial charge in [-0.3, -0.25) is 24.9 Å². The molecule has 2 aliphatic rings. The Balaban J connectivity index is 1.16. The molecule has 204 valence electrons. The van der Waals surface area contributed by atoms with Crippen molar-refractivity contribution in [3.63, 3.8) is 0 Å². The van der Waals surface area contributed by atoms with Crippen LogP contribution in [0.2, 0.25) is 5.02 Å². The van der Waals surface area contributed by atoms with Crippen LogP contribution >= 0.6 is 11.6 Å². The quantitative estimate of drug-likeness (QED) is 0.354. The highest BCUT2D eigenvalue weighted by atomic mass is 35.5. The van der Waals surface area contributed by atoms with Gasteiger partial charge in [0, 0.05) is 33.1 Å². The number of imide groups is 1. The van der Waals surface area contributed by atoms with Crippen LogP contribution in [0.5, 0.6) is 11.5 Å². The molecule has 2 aliphatic heterocycles. The number of benzene rings is 1. The van der Waals surface area contributed by atoms with E-state index >= 15 is 0 Å². The zero-order valence-corrected chi connectivity index (χ0v) is 22.5. The molecule has 0 bridgehead atoms. The molecule has 4 aromatic rings. The van der Waals surface area contributed by atoms with E-state index in [9.17, 15) is 14.0 Å². The summed E-state index contributed by atoms with van der Waals surface area (Å²) in [5, 5.41) is 2.53. The van der Waals surface area contributed by atoms with Gasteiger partial charge in [-0.2, -0.15) is 0 Å². The molecule has 0 spiro atoms. The summed E-state index contributed by atoms with van der Waals surface area (Å²) in [5.41, 5.74) is 3.60. The minimum Gasteiger partial charge on any atom is -0.451 e. The first-order chi connectivity index (χ1) is 19.3. The number of amides is 3. The molecule has 6 rings (SSSR count). The number of imidazole rings is 1. The maximum atomic E-state index is 14.1. The van der Waals surface area contributed by atoms with Crippen LogP contribution in [0.25, 0.3) is 11.5 Å². The zero-order valence-electron chi connectivity index (χ0n) is 21.8. The summed E-state index contributed by atoms with van der Waals surface area (Å²) in [5.74, 6) is 0.756. The SMILES string of the molecule is CC1c2nc(-c3ncc(N4CCC(=O)NC4=O)n3C)ccc2CN1Cc1ccc(Oc2c(F)cccc2Cl)cn1. The highest BCUT2D eigenvalue weighted by Crippen LogP contribution is 2.36.